The molecule has 0 bridgehead atoms. The Labute approximate surface area is 142 Å². The molecule has 25 heavy (non-hydrogen) atoms. The van der Waals surface area contributed by atoms with Crippen LogP contribution in [0.4, 0.5) is 0 Å². The lowest BCUT2D eigenvalue weighted by Crippen LogP contribution is -2.00. The van der Waals surface area contributed by atoms with E-state index in [0.717, 1.165) is 27.7 Å². The van der Waals surface area contributed by atoms with E-state index in [9.17, 15) is 4.79 Å². The number of carbonyl (C=O) groups excluding carboxylic acids is 1. The van der Waals surface area contributed by atoms with Crippen molar-refractivity contribution in [3.63, 3.8) is 0 Å². The molecular weight excluding hydrogens is 314 g/mol. The van der Waals surface area contributed by atoms with E-state index in [2.05, 4.69) is 34.6 Å². The number of benzene rings is 3. The highest BCUT2D eigenvalue weighted by Gasteiger charge is 2.18. The lowest BCUT2D eigenvalue weighted by Gasteiger charge is -2.01. The minimum Gasteiger partial charge on any atom is -0.465 e. The average molecular weight is 327 g/mol. The van der Waals surface area contributed by atoms with E-state index >= 15 is 0 Å². The van der Waals surface area contributed by atoms with Crippen LogP contribution in [-0.4, -0.2) is 27.9 Å². The molecule has 3 aromatic carbocycles. The molecule has 0 saturated heterocycles. The van der Waals surface area contributed by atoms with Crippen molar-refractivity contribution in [3.8, 4) is 11.3 Å². The molecule has 0 N–H and O–H groups in total. The van der Waals surface area contributed by atoms with Gasteiger partial charge in [0.15, 0.2) is 0 Å². The number of hydrogen-bond donors (Lipinski definition) is 0. The summed E-state index contributed by atoms with van der Waals surface area (Å²) in [6, 6.07) is 19.7. The van der Waals surface area contributed by atoms with Gasteiger partial charge < -0.3 is 4.74 Å². The van der Waals surface area contributed by atoms with Gasteiger partial charge in [0, 0.05) is 16.3 Å². The molecule has 0 aliphatic carbocycles. The molecule has 0 unspecified atom stereocenters. The van der Waals surface area contributed by atoms with E-state index < -0.39 is 0 Å². The normalized spacial score (nSPS) is 11.6. The zero-order chi connectivity index (χ0) is 17.0. The number of carbonyl (C=O) groups is 1. The highest BCUT2D eigenvalue weighted by Crippen LogP contribution is 2.36. The van der Waals surface area contributed by atoms with Gasteiger partial charge in [-0.05, 0) is 23.6 Å². The Hall–Kier alpha value is -3.47. The zero-order valence-corrected chi connectivity index (χ0v) is 13.4. The number of esters is 1. The second kappa shape index (κ2) is 5.01. The summed E-state index contributed by atoms with van der Waals surface area (Å²) in [5.41, 5.74) is 4.27. The van der Waals surface area contributed by atoms with E-state index in [0.29, 0.717) is 5.56 Å². The van der Waals surface area contributed by atoms with Crippen molar-refractivity contribution in [2.75, 3.05) is 7.11 Å². The standard InChI is InChI=1S/C20H13N3O2/c1-25-20(24)14-10-8-13(9-11-14)18-19-15-6-2-4-12-5-3-7-16(17(12)15)23(19)22-21-18/h2-11H,1H3. The Balaban J connectivity index is 1.79. The maximum atomic E-state index is 11.6. The van der Waals surface area contributed by atoms with Crippen LogP contribution in [0.25, 0.3) is 38.4 Å². The van der Waals surface area contributed by atoms with Crippen molar-refractivity contribution in [3.05, 3.63) is 66.2 Å². The quantitative estimate of drug-likeness (QED) is 0.461. The van der Waals surface area contributed by atoms with Crippen molar-refractivity contribution in [2.24, 2.45) is 0 Å². The highest BCUT2D eigenvalue weighted by atomic mass is 16.5. The number of nitrogens with zero attached hydrogens (tertiary/aromatic N) is 3. The Morgan fingerprint density at radius 3 is 2.52 bits per heavy atom. The predicted octanol–water partition coefficient (Wildman–Crippen LogP) is 3.93. The topological polar surface area (TPSA) is 56.5 Å². The number of hydrogen-bond acceptors (Lipinski definition) is 4. The van der Waals surface area contributed by atoms with Crippen LogP contribution in [0.3, 0.4) is 0 Å². The summed E-state index contributed by atoms with van der Waals surface area (Å²) in [6.45, 7) is 0. The molecule has 0 amide bonds. The lowest BCUT2D eigenvalue weighted by molar-refractivity contribution is 0.0601. The first-order valence-electron chi connectivity index (χ1n) is 7.95. The second-order valence-electron chi connectivity index (χ2n) is 5.95. The van der Waals surface area contributed by atoms with Crippen LogP contribution >= 0.6 is 0 Å². The summed E-state index contributed by atoms with van der Waals surface area (Å²) in [4.78, 5) is 11.6. The molecule has 5 rings (SSSR count). The van der Waals surface area contributed by atoms with E-state index in [1.54, 1.807) is 12.1 Å². The fourth-order valence-electron chi connectivity index (χ4n) is 3.46. The van der Waals surface area contributed by atoms with Crippen LogP contribution in [0.2, 0.25) is 0 Å². The SMILES string of the molecule is COC(=O)c1ccc(-c2nnn3c4cccc5cccc(c54)c23)cc1. The van der Waals surface area contributed by atoms with E-state index in [1.807, 2.05) is 28.8 Å². The molecule has 0 saturated carbocycles. The van der Waals surface area contributed by atoms with Crippen molar-refractivity contribution >= 4 is 33.2 Å². The lowest BCUT2D eigenvalue weighted by atomic mass is 10.0. The van der Waals surface area contributed by atoms with Gasteiger partial charge in [0.1, 0.15) is 11.2 Å². The smallest absolute Gasteiger partial charge is 0.337 e. The Morgan fingerprint density at radius 2 is 1.76 bits per heavy atom. The molecule has 0 aliphatic heterocycles. The first kappa shape index (κ1) is 13.9. The van der Waals surface area contributed by atoms with Gasteiger partial charge in [-0.3, -0.25) is 0 Å². The molecule has 5 aromatic rings. The third-order valence-corrected chi connectivity index (χ3v) is 4.62. The fraction of sp³-hybridized carbons (Fsp3) is 0.0500. The zero-order valence-electron chi connectivity index (χ0n) is 13.4. The second-order valence-corrected chi connectivity index (χ2v) is 5.95. The minimum absolute atomic E-state index is 0.350. The van der Waals surface area contributed by atoms with Crippen molar-refractivity contribution in [1.29, 1.82) is 0 Å². The summed E-state index contributed by atoms with van der Waals surface area (Å²) in [6.07, 6.45) is 0. The molecule has 2 heterocycles. The van der Waals surface area contributed by atoms with Crippen molar-refractivity contribution in [2.45, 2.75) is 0 Å². The summed E-state index contributed by atoms with van der Waals surface area (Å²) >= 11 is 0. The molecule has 2 aromatic heterocycles. The third kappa shape index (κ3) is 1.86. The average Bonchev–Trinajstić information content (AvgIpc) is 3.23. The van der Waals surface area contributed by atoms with Gasteiger partial charge in [-0.2, -0.15) is 0 Å². The van der Waals surface area contributed by atoms with Gasteiger partial charge in [0.25, 0.3) is 0 Å². The molecule has 0 fully saturated rings. The highest BCUT2D eigenvalue weighted by molar-refractivity contribution is 6.18. The van der Waals surface area contributed by atoms with E-state index in [-0.39, 0.29) is 5.97 Å². The number of rotatable bonds is 2. The molecule has 0 spiro atoms. The van der Waals surface area contributed by atoms with Gasteiger partial charge in [-0.1, -0.05) is 47.7 Å². The van der Waals surface area contributed by atoms with Gasteiger partial charge >= 0.3 is 5.97 Å². The van der Waals surface area contributed by atoms with Crippen LogP contribution < -0.4 is 0 Å². The number of methoxy groups -OCH3 is 1. The van der Waals surface area contributed by atoms with Gasteiger partial charge in [0.05, 0.1) is 18.2 Å². The maximum absolute atomic E-state index is 11.6. The molecule has 120 valence electrons. The monoisotopic (exact) mass is 327 g/mol. The summed E-state index contributed by atoms with van der Waals surface area (Å²) in [5, 5.41) is 12.3. The summed E-state index contributed by atoms with van der Waals surface area (Å²) in [7, 11) is 1.38. The van der Waals surface area contributed by atoms with Crippen molar-refractivity contribution < 1.29 is 9.53 Å². The summed E-state index contributed by atoms with van der Waals surface area (Å²) < 4.78 is 6.64. The molecule has 0 atom stereocenters. The maximum Gasteiger partial charge on any atom is 0.337 e. The number of aromatic nitrogens is 3. The Bertz CT molecular complexity index is 1230. The van der Waals surface area contributed by atoms with Gasteiger partial charge in [-0.15, -0.1) is 5.10 Å². The van der Waals surface area contributed by atoms with Crippen LogP contribution in [0.5, 0.6) is 0 Å². The van der Waals surface area contributed by atoms with Crippen LogP contribution in [0.1, 0.15) is 10.4 Å². The van der Waals surface area contributed by atoms with Crippen molar-refractivity contribution in [1.82, 2.24) is 14.8 Å². The first-order valence-corrected chi connectivity index (χ1v) is 7.95. The summed E-state index contributed by atoms with van der Waals surface area (Å²) in [5.74, 6) is -0.350. The Morgan fingerprint density at radius 1 is 1.00 bits per heavy atom. The molecule has 5 heteroatoms. The predicted molar refractivity (Wildman–Crippen MR) is 96.0 cm³/mol. The number of fused-ring (bicyclic) bond motifs is 3. The van der Waals surface area contributed by atoms with E-state index in [1.165, 1.54) is 17.9 Å². The largest absolute Gasteiger partial charge is 0.465 e. The molecule has 0 aliphatic rings. The van der Waals surface area contributed by atoms with E-state index in [4.69, 9.17) is 4.74 Å². The first-order chi connectivity index (χ1) is 12.3. The van der Waals surface area contributed by atoms with Gasteiger partial charge in [0.2, 0.25) is 0 Å². The van der Waals surface area contributed by atoms with Gasteiger partial charge in [-0.25, -0.2) is 9.31 Å². The van der Waals surface area contributed by atoms with Crippen LogP contribution in [0.15, 0.2) is 60.7 Å². The fourth-order valence-corrected chi connectivity index (χ4v) is 3.46. The third-order valence-electron chi connectivity index (χ3n) is 4.62. The van der Waals surface area contributed by atoms with Crippen LogP contribution in [-0.2, 0) is 4.74 Å². The van der Waals surface area contributed by atoms with Crippen LogP contribution in [0, 0.1) is 0 Å². The molecule has 0 radical (unpaired) electrons. The minimum atomic E-state index is -0.350. The Kier molecular flexibility index (Phi) is 2.79. The molecular formula is C20H13N3O2. The number of ether oxygens (including phenoxy) is 1. The molecule has 5 nitrogen and oxygen atoms in total.